The Morgan fingerprint density at radius 3 is 0.804 bits per heavy atom. The van der Waals surface area contributed by atoms with Crippen LogP contribution in [0.15, 0.2) is 0 Å². The van der Waals surface area contributed by atoms with E-state index in [9.17, 15) is 0 Å². The van der Waals surface area contributed by atoms with Gasteiger partial charge < -0.3 is 0 Å². The molecule has 1 aromatic rings. The second-order valence-electron chi connectivity index (χ2n) is 28.4. The van der Waals surface area contributed by atoms with Gasteiger partial charge in [0.2, 0.25) is 5.45 Å². The molecule has 330 valence electrons. The van der Waals surface area contributed by atoms with Gasteiger partial charge in [-0.2, -0.15) is 0 Å². The van der Waals surface area contributed by atoms with E-state index in [0.717, 1.165) is 30.2 Å². The fourth-order valence-corrected chi connectivity index (χ4v) is 232. The lowest BCUT2D eigenvalue weighted by atomic mass is 10.4. The van der Waals surface area contributed by atoms with Gasteiger partial charge in [-0.15, -0.1) is 0 Å². The summed E-state index contributed by atoms with van der Waals surface area (Å²) in [5.74, 6) is 0. The average Bonchev–Trinajstić information content (AvgIpc) is 3.03. The predicted molar refractivity (Wildman–Crippen MR) is 297 cm³/mol. The molecular weight excluding hydrogens is 870 g/mol. The molecule has 2 nitrogen and oxygen atoms in total. The Kier molecular flexibility index (Phi) is 17.4. The van der Waals surface area contributed by atoms with Crippen LogP contribution in [0.3, 0.4) is 0 Å². The quantitative estimate of drug-likeness (QED) is 0.109. The third kappa shape index (κ3) is 10.6. The molecule has 0 radical (unpaired) electrons. The molecule has 1 heterocycles. The molecule has 0 bridgehead atoms. The van der Waals surface area contributed by atoms with Crippen molar-refractivity contribution in [1.82, 2.24) is 4.57 Å². The van der Waals surface area contributed by atoms with Gasteiger partial charge in [-0.3, -0.25) is 0 Å². The van der Waals surface area contributed by atoms with Crippen molar-refractivity contribution in [3.63, 3.8) is 0 Å². The van der Waals surface area contributed by atoms with Gasteiger partial charge in [0.25, 0.3) is 0 Å². The second-order valence-corrected chi connectivity index (χ2v) is 104. The highest BCUT2D eigenvalue weighted by Crippen LogP contribution is 2.60. The molecule has 0 unspecified atom stereocenters. The van der Waals surface area contributed by atoms with E-state index in [1.165, 1.54) is 0 Å². The van der Waals surface area contributed by atoms with Crippen LogP contribution >= 0.6 is 0 Å². The molecule has 0 saturated carbocycles. The molecule has 0 aliphatic heterocycles. The Bertz CT molecular complexity index is 1410. The molecular formula is C42H105N2Si12+. The number of hydrogen-bond donors (Lipinski definition) is 0. The van der Waals surface area contributed by atoms with E-state index >= 15 is 0 Å². The summed E-state index contributed by atoms with van der Waals surface area (Å²) < 4.78 is 5.82. The molecule has 1 rings (SSSR count). The van der Waals surface area contributed by atoms with Crippen LogP contribution in [0.25, 0.3) is 0 Å². The van der Waals surface area contributed by atoms with Crippen molar-refractivity contribution in [2.75, 3.05) is 0 Å². The van der Waals surface area contributed by atoms with E-state index in [4.69, 9.17) is 0 Å². The zero-order chi connectivity index (χ0) is 45.5. The summed E-state index contributed by atoms with van der Waals surface area (Å²) in [6.45, 7) is 89.4. The van der Waals surface area contributed by atoms with Gasteiger partial charge in [-0.25, -0.2) is 9.13 Å². The summed E-state index contributed by atoms with van der Waals surface area (Å²) in [6.07, 6.45) is 0. The van der Waals surface area contributed by atoms with E-state index in [1.807, 2.05) is 5.45 Å². The number of hydrogen-bond acceptors (Lipinski definition) is 0. The van der Waals surface area contributed by atoms with E-state index in [-0.39, 0.29) is 0 Å². The molecule has 0 fully saturated rings. The van der Waals surface area contributed by atoms with Crippen LogP contribution in [-0.2, 0) is 14.1 Å². The molecule has 0 aromatic carbocycles. The SMILES string of the molecule is Cc1c(C)[n+](C)c(/[Si](=[Si](/C)[Si](C(C)C)(C([Si](C)(C)C)[Si](C)(C)C)C([Si](C)(C)C)[Si](C)(C)C)[Si](C(C)C)(C([Si](C)(C)C)[Si](C)(C)C)C([Si](C)(C)C)[Si](C)(C)C)n1C. The van der Waals surface area contributed by atoms with Crippen molar-refractivity contribution in [2.24, 2.45) is 14.1 Å². The number of imidazole rings is 1. The minimum absolute atomic E-state index is 0.812. The molecule has 1 aromatic heterocycles. The van der Waals surface area contributed by atoms with Crippen molar-refractivity contribution in [3.05, 3.63) is 11.4 Å². The minimum Gasteiger partial charge on any atom is -0.237 e. The smallest absolute Gasteiger partial charge is 0.234 e. The maximum atomic E-state index is 3.21. The molecule has 0 aliphatic rings. The van der Waals surface area contributed by atoms with Crippen LogP contribution in [-0.4, -0.2) is 99.2 Å². The fourth-order valence-electron chi connectivity index (χ4n) is 16.3. The lowest BCUT2D eigenvalue weighted by Gasteiger charge is -2.65. The van der Waals surface area contributed by atoms with E-state index in [2.05, 4.69) is 228 Å². The molecule has 0 aliphatic carbocycles. The largest absolute Gasteiger partial charge is 0.237 e. The Balaban J connectivity index is 5.95. The van der Waals surface area contributed by atoms with Gasteiger partial charge in [0.05, 0.1) is 29.3 Å². The minimum atomic E-state index is -2.21. The van der Waals surface area contributed by atoms with Crippen molar-refractivity contribution >= 4 is 100 Å². The molecule has 0 N–H and O–H groups in total. The summed E-state index contributed by atoms with van der Waals surface area (Å²) in [7, 11) is -14.3. The average molecular weight is 975 g/mol. The molecule has 56 heavy (non-hydrogen) atoms. The highest BCUT2D eigenvalue weighted by molar-refractivity contribution is 7.65. The Morgan fingerprint density at radius 1 is 0.429 bits per heavy atom. The topological polar surface area (TPSA) is 8.81 Å². The zero-order valence-corrected chi connectivity index (χ0v) is 56.9. The van der Waals surface area contributed by atoms with Gasteiger partial charge in [-0.1, -0.05) is 222 Å². The van der Waals surface area contributed by atoms with Gasteiger partial charge in [0, 0.05) is 78.4 Å². The molecule has 0 atom stereocenters. The van der Waals surface area contributed by atoms with Gasteiger partial charge in [0.1, 0.15) is 18.8 Å². The normalized spacial score (nSPS) is 16.1. The van der Waals surface area contributed by atoms with Gasteiger partial charge in [-0.05, 0) is 7.41 Å². The fraction of sp³-hybridized carbons (Fsp3) is 0.929. The standard InChI is InChI=1S/C42H105N2Si12/c1-34(2)55(39(47(10,11)12)48(13,14)15,40(49(16,17)18)50(19,20)21)45(9)46(38-43(7)36(5)37(6)44(38)8)56(35(3)4,41(51(22,23)24)52(25,26)27)42(53(28,29)30)54(31,32)33/h34-35,39-42H,1-33H3/q+1/b46-45+. The van der Waals surface area contributed by atoms with Crippen LogP contribution in [0.1, 0.15) is 39.1 Å². The van der Waals surface area contributed by atoms with Crippen molar-refractivity contribution in [1.29, 1.82) is 0 Å². The van der Waals surface area contributed by atoms with E-state index in [0.29, 0.717) is 0 Å². The Morgan fingerprint density at radius 2 is 0.643 bits per heavy atom. The van der Waals surface area contributed by atoms with Crippen LogP contribution in [0.5, 0.6) is 0 Å². The monoisotopic (exact) mass is 974 g/mol. The van der Waals surface area contributed by atoms with E-state index < -0.39 is 94.6 Å². The van der Waals surface area contributed by atoms with Crippen LogP contribution in [0, 0.1) is 13.8 Å². The Hall–Kier alpha value is 1.81. The Labute approximate surface area is 367 Å². The summed E-state index contributed by atoms with van der Waals surface area (Å²) in [6, 6.07) is 0. The van der Waals surface area contributed by atoms with Crippen molar-refractivity contribution in [3.8, 4) is 0 Å². The summed E-state index contributed by atoms with van der Waals surface area (Å²) in [4.78, 5) is 4.13. The third-order valence-corrected chi connectivity index (χ3v) is 133. The van der Waals surface area contributed by atoms with E-state index in [1.54, 1.807) is 11.4 Å². The zero-order valence-electron chi connectivity index (χ0n) is 44.9. The highest BCUT2D eigenvalue weighted by Gasteiger charge is 2.70. The van der Waals surface area contributed by atoms with Crippen LogP contribution < -0.4 is 10.0 Å². The number of aromatic nitrogens is 2. The number of rotatable bonds is 17. The summed E-state index contributed by atoms with van der Waals surface area (Å²) >= 11 is 0. The van der Waals surface area contributed by atoms with Gasteiger partial charge in [0.15, 0.2) is 0 Å². The van der Waals surface area contributed by atoms with Gasteiger partial charge >= 0.3 is 0 Å². The van der Waals surface area contributed by atoms with Crippen molar-refractivity contribution < 1.29 is 4.57 Å². The van der Waals surface area contributed by atoms with Crippen LogP contribution in [0.2, 0.25) is 194 Å². The second kappa shape index (κ2) is 17.4. The maximum Gasteiger partial charge on any atom is 0.234 e. The molecule has 0 amide bonds. The molecule has 14 heteroatoms. The highest BCUT2D eigenvalue weighted by atomic mass is 29.6. The lowest BCUT2D eigenvalue weighted by molar-refractivity contribution is -0.659. The number of nitrogens with zero attached hydrogens (tertiary/aromatic N) is 2. The van der Waals surface area contributed by atoms with Crippen molar-refractivity contribution in [2.45, 2.75) is 235 Å². The first-order valence-corrected chi connectivity index (χ1v) is 62.5. The first kappa shape index (κ1) is 55.8. The summed E-state index contributed by atoms with van der Waals surface area (Å²) in [5, 5.41) is 0. The first-order valence-electron chi connectivity index (χ1n) is 22.9. The third-order valence-electron chi connectivity index (χ3n) is 14.6. The molecule has 0 spiro atoms. The molecule has 0 saturated heterocycles. The summed E-state index contributed by atoms with van der Waals surface area (Å²) in [5.41, 5.74) is 6.69. The maximum absolute atomic E-state index is 3.21. The predicted octanol–water partition coefficient (Wildman–Crippen LogP) is 13.7. The van der Waals surface area contributed by atoms with Crippen LogP contribution in [0.4, 0.5) is 0 Å². The lowest BCUT2D eigenvalue weighted by Crippen LogP contribution is -2.83. The first-order chi connectivity index (χ1) is 24.1.